The summed E-state index contributed by atoms with van der Waals surface area (Å²) in [7, 11) is 0. The van der Waals surface area contributed by atoms with Crippen LogP contribution in [0.3, 0.4) is 0 Å². The summed E-state index contributed by atoms with van der Waals surface area (Å²) in [6, 6.07) is 15.8. The third-order valence-electron chi connectivity index (χ3n) is 7.66. The molecule has 6 N–H and O–H groups in total. The second kappa shape index (κ2) is 11.6. The molecule has 1 fully saturated rings. The highest BCUT2D eigenvalue weighted by molar-refractivity contribution is 6.00. The molecular weight excluding hydrogens is 464 g/mol. The lowest BCUT2D eigenvalue weighted by molar-refractivity contribution is 0.101. The molecule has 0 unspecified atom stereocenters. The fourth-order valence-corrected chi connectivity index (χ4v) is 5.53. The monoisotopic (exact) mass is 502 g/mol. The predicted molar refractivity (Wildman–Crippen MR) is 151 cm³/mol. The number of likely N-dealkylation sites (tertiary alicyclic amines) is 1. The van der Waals surface area contributed by atoms with E-state index in [-0.39, 0.29) is 17.2 Å². The number of oxime groups is 1. The first kappa shape index (κ1) is 26.4. The molecule has 1 aliphatic rings. The highest BCUT2D eigenvalue weighted by atomic mass is 16.4. The summed E-state index contributed by atoms with van der Waals surface area (Å²) in [5.41, 5.74) is 14.6. The van der Waals surface area contributed by atoms with Crippen LogP contribution >= 0.6 is 0 Å². The number of benzene rings is 2. The van der Waals surface area contributed by atoms with Crippen molar-refractivity contribution < 1.29 is 5.21 Å². The second-order valence-electron chi connectivity index (χ2n) is 10.2. The summed E-state index contributed by atoms with van der Waals surface area (Å²) in [6.07, 6.45) is 6.84. The molecule has 0 amide bonds. The fraction of sp³-hybridized carbons (Fsp3) is 0.414. The van der Waals surface area contributed by atoms with E-state index in [0.29, 0.717) is 35.3 Å². The van der Waals surface area contributed by atoms with E-state index < -0.39 is 0 Å². The van der Waals surface area contributed by atoms with E-state index in [1.54, 1.807) is 28.8 Å². The predicted octanol–water partition coefficient (Wildman–Crippen LogP) is 4.48. The molecule has 8 nitrogen and oxygen atoms in total. The van der Waals surface area contributed by atoms with Crippen molar-refractivity contribution in [3.8, 4) is 11.1 Å². The van der Waals surface area contributed by atoms with Gasteiger partial charge in [0.1, 0.15) is 5.84 Å². The molecule has 1 saturated heterocycles. The molecule has 0 radical (unpaired) electrons. The standard InChI is InChI=1S/C29H38N6O2/c1-19-8-6-9-20(2)34(19)14-4-3-5-15-35-26-18-24(28(32)33-37)13-12-22(26)17-25(29(35)36)21-10-7-11-23(16-21)27(30)31/h7,10-13,16-20,37H,3-6,8-9,14-15H2,1-2H3,(H3,30,31)(H2,32,33)/t19-,20+. The number of rotatable bonds is 9. The lowest BCUT2D eigenvalue weighted by Crippen LogP contribution is -2.44. The van der Waals surface area contributed by atoms with Crippen molar-refractivity contribution in [3.05, 3.63) is 70.0 Å². The van der Waals surface area contributed by atoms with Gasteiger partial charge >= 0.3 is 0 Å². The zero-order valence-corrected chi connectivity index (χ0v) is 21.8. The number of aryl methyl sites for hydroxylation is 1. The van der Waals surface area contributed by atoms with Gasteiger partial charge in [-0.25, -0.2) is 0 Å². The highest BCUT2D eigenvalue weighted by Gasteiger charge is 2.23. The summed E-state index contributed by atoms with van der Waals surface area (Å²) in [6.45, 7) is 6.31. The molecule has 3 aromatic rings. The Labute approximate surface area is 218 Å². The van der Waals surface area contributed by atoms with Gasteiger partial charge in [0, 0.05) is 35.3 Å². The van der Waals surface area contributed by atoms with Crippen LogP contribution < -0.4 is 17.0 Å². The van der Waals surface area contributed by atoms with E-state index in [4.69, 9.17) is 22.1 Å². The van der Waals surface area contributed by atoms with Crippen molar-refractivity contribution in [1.29, 1.82) is 5.41 Å². The first-order valence-electron chi connectivity index (χ1n) is 13.2. The van der Waals surface area contributed by atoms with Crippen molar-refractivity contribution in [2.24, 2.45) is 16.6 Å². The molecule has 37 heavy (non-hydrogen) atoms. The van der Waals surface area contributed by atoms with Crippen LogP contribution in [0.25, 0.3) is 22.0 Å². The normalized spacial score (nSPS) is 18.8. The van der Waals surface area contributed by atoms with Crippen molar-refractivity contribution >= 4 is 22.6 Å². The molecule has 8 heteroatoms. The minimum atomic E-state index is -0.108. The summed E-state index contributed by atoms with van der Waals surface area (Å²) < 4.78 is 1.80. The Bertz CT molecular complexity index is 1350. The van der Waals surface area contributed by atoms with E-state index in [0.717, 1.165) is 42.3 Å². The van der Waals surface area contributed by atoms with Crippen LogP contribution in [0.4, 0.5) is 0 Å². The Balaban J connectivity index is 1.63. The van der Waals surface area contributed by atoms with Gasteiger partial charge in [0.2, 0.25) is 0 Å². The minimum absolute atomic E-state index is 0.00362. The average Bonchev–Trinajstić information content (AvgIpc) is 2.90. The first-order valence-corrected chi connectivity index (χ1v) is 13.2. The SMILES string of the molecule is C[C@@H]1CCC[C@H](C)N1CCCCCn1c(=O)c(-c2cccc(C(=N)N)c2)cc2ccc(C(N)=NO)cc21. The van der Waals surface area contributed by atoms with Crippen LogP contribution in [-0.2, 0) is 6.54 Å². The number of hydrogen-bond donors (Lipinski definition) is 4. The Kier molecular flexibility index (Phi) is 8.28. The minimum Gasteiger partial charge on any atom is -0.409 e. The fourth-order valence-electron chi connectivity index (χ4n) is 5.53. The number of nitrogen functional groups attached to an aromatic ring is 1. The Morgan fingerprint density at radius 1 is 1.00 bits per heavy atom. The summed E-state index contributed by atoms with van der Waals surface area (Å²) in [5, 5.41) is 20.9. The molecule has 2 aromatic carbocycles. The highest BCUT2D eigenvalue weighted by Crippen LogP contribution is 2.25. The van der Waals surface area contributed by atoms with Crippen molar-refractivity contribution in [3.63, 3.8) is 0 Å². The lowest BCUT2D eigenvalue weighted by Gasteiger charge is -2.39. The summed E-state index contributed by atoms with van der Waals surface area (Å²) in [5.74, 6) is -0.0346. The number of amidine groups is 2. The van der Waals surface area contributed by atoms with Crippen LogP contribution in [0, 0.1) is 5.41 Å². The molecular formula is C29H38N6O2. The summed E-state index contributed by atoms with van der Waals surface area (Å²) in [4.78, 5) is 16.4. The van der Waals surface area contributed by atoms with E-state index in [1.165, 1.54) is 19.3 Å². The molecule has 0 aliphatic carbocycles. The third kappa shape index (κ3) is 5.85. The van der Waals surface area contributed by atoms with Gasteiger partial charge in [-0.05, 0) is 75.2 Å². The molecule has 1 aliphatic heterocycles. The van der Waals surface area contributed by atoms with Gasteiger partial charge in [0.15, 0.2) is 5.84 Å². The Hall–Kier alpha value is -3.65. The Morgan fingerprint density at radius 3 is 2.43 bits per heavy atom. The van der Waals surface area contributed by atoms with Gasteiger partial charge in [-0.2, -0.15) is 0 Å². The van der Waals surface area contributed by atoms with Gasteiger partial charge < -0.3 is 21.2 Å². The molecule has 196 valence electrons. The maximum Gasteiger partial charge on any atom is 0.258 e. The van der Waals surface area contributed by atoms with E-state index in [1.807, 2.05) is 24.3 Å². The molecule has 0 saturated carbocycles. The number of nitrogens with zero attached hydrogens (tertiary/aromatic N) is 3. The molecule has 4 rings (SSSR count). The maximum absolute atomic E-state index is 13.8. The third-order valence-corrected chi connectivity index (χ3v) is 7.66. The van der Waals surface area contributed by atoms with E-state index in [9.17, 15) is 4.79 Å². The van der Waals surface area contributed by atoms with Gasteiger partial charge in [0.05, 0.1) is 5.52 Å². The van der Waals surface area contributed by atoms with E-state index in [2.05, 4.69) is 23.9 Å². The largest absolute Gasteiger partial charge is 0.409 e. The molecule has 2 heterocycles. The van der Waals surface area contributed by atoms with Crippen LogP contribution in [0.15, 0.2) is 58.5 Å². The zero-order valence-electron chi connectivity index (χ0n) is 21.8. The number of unbranched alkanes of at least 4 members (excludes halogenated alkanes) is 2. The van der Waals surface area contributed by atoms with Crippen LogP contribution in [-0.4, -0.2) is 45.0 Å². The van der Waals surface area contributed by atoms with Gasteiger partial charge in [-0.3, -0.25) is 15.1 Å². The number of hydrogen-bond acceptors (Lipinski definition) is 5. The van der Waals surface area contributed by atoms with Crippen molar-refractivity contribution in [1.82, 2.24) is 9.47 Å². The average molecular weight is 503 g/mol. The topological polar surface area (TPSA) is 134 Å². The maximum atomic E-state index is 13.8. The number of nitrogens with one attached hydrogen (secondary N) is 1. The molecule has 2 atom stereocenters. The van der Waals surface area contributed by atoms with Crippen molar-refractivity contribution in [2.45, 2.75) is 71.0 Å². The number of fused-ring (bicyclic) bond motifs is 1. The van der Waals surface area contributed by atoms with Crippen LogP contribution in [0.5, 0.6) is 0 Å². The molecule has 0 spiro atoms. The van der Waals surface area contributed by atoms with Gasteiger partial charge in [-0.15, -0.1) is 0 Å². The number of nitrogens with two attached hydrogens (primary N) is 2. The van der Waals surface area contributed by atoms with Gasteiger partial charge in [0.25, 0.3) is 5.56 Å². The van der Waals surface area contributed by atoms with Crippen LogP contribution in [0.1, 0.15) is 63.5 Å². The van der Waals surface area contributed by atoms with Crippen molar-refractivity contribution in [2.75, 3.05) is 6.54 Å². The molecule has 0 bridgehead atoms. The first-order chi connectivity index (χ1) is 17.8. The quantitative estimate of drug-likeness (QED) is 0.113. The lowest BCUT2D eigenvalue weighted by atomic mass is 9.97. The second-order valence-corrected chi connectivity index (χ2v) is 10.2. The molecule has 1 aromatic heterocycles. The smallest absolute Gasteiger partial charge is 0.258 e. The van der Waals surface area contributed by atoms with E-state index >= 15 is 0 Å². The Morgan fingerprint density at radius 2 is 1.73 bits per heavy atom. The number of aromatic nitrogens is 1. The van der Waals surface area contributed by atoms with Gasteiger partial charge in [-0.1, -0.05) is 48.3 Å². The number of piperidine rings is 1. The van der Waals surface area contributed by atoms with Crippen LogP contribution in [0.2, 0.25) is 0 Å². The zero-order chi connectivity index (χ0) is 26.5. The summed E-state index contributed by atoms with van der Waals surface area (Å²) >= 11 is 0. The number of pyridine rings is 1.